The molecule has 214 valence electrons. The van der Waals surface area contributed by atoms with E-state index in [0.717, 1.165) is 36.0 Å². The topological polar surface area (TPSA) is 95.9 Å². The highest BCUT2D eigenvalue weighted by atomic mass is 16.5. The van der Waals surface area contributed by atoms with Gasteiger partial charge in [0.25, 0.3) is 0 Å². The van der Waals surface area contributed by atoms with Crippen LogP contribution in [-0.4, -0.2) is 51.2 Å². The lowest BCUT2D eigenvalue weighted by Gasteiger charge is -2.20. The quantitative estimate of drug-likeness (QED) is 0.223. The highest BCUT2D eigenvalue weighted by Crippen LogP contribution is 2.47. The molecule has 0 aromatic heterocycles. The van der Waals surface area contributed by atoms with Gasteiger partial charge in [0, 0.05) is 18.2 Å². The van der Waals surface area contributed by atoms with Gasteiger partial charge in [0.1, 0.15) is 0 Å². The number of allylic oxidation sites excluding steroid dienone is 1. The molecule has 0 saturated carbocycles. The van der Waals surface area contributed by atoms with Crippen LogP contribution in [0, 0.1) is 0 Å². The molecule has 1 N–H and O–H groups in total. The Morgan fingerprint density at radius 2 is 1.46 bits per heavy atom. The van der Waals surface area contributed by atoms with Crippen LogP contribution in [-0.2, 0) is 16.0 Å². The van der Waals surface area contributed by atoms with E-state index >= 15 is 0 Å². The predicted octanol–water partition coefficient (Wildman–Crippen LogP) is 6.18. The maximum atomic E-state index is 11.9. The molecule has 0 radical (unpaired) electrons. The van der Waals surface area contributed by atoms with E-state index in [4.69, 9.17) is 28.4 Å². The monoisotopic (exact) mass is 543 g/mol. The second-order valence-corrected chi connectivity index (χ2v) is 9.29. The third-order valence-electron chi connectivity index (χ3n) is 6.58. The number of carbonyl (C=O) groups is 1. The van der Waals surface area contributed by atoms with Gasteiger partial charge in [0.2, 0.25) is 11.7 Å². The second-order valence-electron chi connectivity index (χ2n) is 9.29. The van der Waals surface area contributed by atoms with Crippen molar-refractivity contribution in [2.75, 3.05) is 35.0 Å². The minimum atomic E-state index is -0.347. The minimum Gasteiger partial charge on any atom is -0.493 e. The van der Waals surface area contributed by atoms with Crippen LogP contribution in [0.4, 0.5) is 0 Å². The molecule has 1 saturated heterocycles. The number of hydrogen-bond donors (Lipinski definition) is 1. The summed E-state index contributed by atoms with van der Waals surface area (Å²) in [6, 6.07) is 7.86. The Balaban J connectivity index is 1.88. The first-order chi connectivity index (χ1) is 18.9. The lowest BCUT2D eigenvalue weighted by molar-refractivity contribution is -0.154. The van der Waals surface area contributed by atoms with Gasteiger partial charge >= 0.3 is 0 Å². The van der Waals surface area contributed by atoms with Gasteiger partial charge < -0.3 is 28.4 Å². The van der Waals surface area contributed by atoms with E-state index in [1.807, 2.05) is 32.0 Å². The molecule has 1 amide bonds. The normalized spacial score (nSPS) is 16.8. The highest BCUT2D eigenvalue weighted by molar-refractivity contribution is 5.75. The molecule has 1 aliphatic rings. The molecule has 2 aromatic rings. The standard InChI is InChI=1S/C30H41NO8/c1-7-10-28(32)31(33)14-9-11-20-16-21(17-25(34-3)29(20)38-15-8-2)23-12-13-24(39-23)22-18-26(35-4)30(37-6)27(19-22)36-5/h9,14,16-19,23-24,33H,7-8,10-13,15H2,1-6H3/b14-9+. The summed E-state index contributed by atoms with van der Waals surface area (Å²) in [4.78, 5) is 11.9. The number of hydroxylamine groups is 2. The molecule has 3 rings (SSSR count). The Morgan fingerprint density at radius 1 is 0.897 bits per heavy atom. The van der Waals surface area contributed by atoms with Gasteiger partial charge in [0.15, 0.2) is 23.0 Å². The molecular weight excluding hydrogens is 502 g/mol. The Kier molecular flexibility index (Phi) is 11.3. The van der Waals surface area contributed by atoms with Crippen LogP contribution >= 0.6 is 0 Å². The van der Waals surface area contributed by atoms with Crippen LogP contribution < -0.4 is 23.7 Å². The molecule has 2 unspecified atom stereocenters. The lowest BCUT2D eigenvalue weighted by atomic mass is 9.99. The summed E-state index contributed by atoms with van der Waals surface area (Å²) < 4.78 is 34.8. The van der Waals surface area contributed by atoms with Crippen molar-refractivity contribution in [2.45, 2.75) is 64.6 Å². The fraction of sp³-hybridized carbons (Fsp3) is 0.500. The van der Waals surface area contributed by atoms with Crippen molar-refractivity contribution in [3.05, 3.63) is 53.2 Å². The Bertz CT molecular complexity index is 1110. The largest absolute Gasteiger partial charge is 0.493 e. The van der Waals surface area contributed by atoms with Crippen molar-refractivity contribution in [2.24, 2.45) is 0 Å². The van der Waals surface area contributed by atoms with Crippen LogP contribution in [0.3, 0.4) is 0 Å². The average Bonchev–Trinajstić information content (AvgIpc) is 3.45. The minimum absolute atomic E-state index is 0.151. The highest BCUT2D eigenvalue weighted by Gasteiger charge is 2.31. The second kappa shape index (κ2) is 14.6. The summed E-state index contributed by atoms with van der Waals surface area (Å²) in [5, 5.41) is 10.6. The molecule has 9 heteroatoms. The van der Waals surface area contributed by atoms with E-state index in [2.05, 4.69) is 6.07 Å². The number of carbonyl (C=O) groups excluding carboxylic acids is 1. The summed E-state index contributed by atoms with van der Waals surface area (Å²) in [5.74, 6) is 2.63. The summed E-state index contributed by atoms with van der Waals surface area (Å²) in [6.07, 6.45) is 6.65. The van der Waals surface area contributed by atoms with Gasteiger partial charge in [-0.2, -0.15) is 5.06 Å². The molecule has 0 aliphatic carbocycles. The van der Waals surface area contributed by atoms with Gasteiger partial charge in [0.05, 0.1) is 47.3 Å². The van der Waals surface area contributed by atoms with Crippen LogP contribution in [0.5, 0.6) is 28.7 Å². The Hall–Kier alpha value is -3.43. The fourth-order valence-electron chi connectivity index (χ4n) is 4.65. The third kappa shape index (κ3) is 7.36. The van der Waals surface area contributed by atoms with Gasteiger partial charge in [-0.1, -0.05) is 19.9 Å². The zero-order valence-corrected chi connectivity index (χ0v) is 23.8. The van der Waals surface area contributed by atoms with Crippen LogP contribution in [0.25, 0.3) is 0 Å². The molecule has 1 heterocycles. The zero-order valence-electron chi connectivity index (χ0n) is 23.8. The SMILES string of the molecule is CCCOc1c(C/C=C/N(O)C(=O)CCC)cc(C2CCC(c3cc(OC)c(OC)c(OC)c3)O2)cc1OC. The number of ether oxygens (including phenoxy) is 6. The molecule has 39 heavy (non-hydrogen) atoms. The lowest BCUT2D eigenvalue weighted by Crippen LogP contribution is -2.20. The van der Waals surface area contributed by atoms with Gasteiger partial charge in [-0.25, -0.2) is 0 Å². The first-order valence-corrected chi connectivity index (χ1v) is 13.4. The molecule has 9 nitrogen and oxygen atoms in total. The molecule has 1 aliphatic heterocycles. The number of methoxy groups -OCH3 is 4. The van der Waals surface area contributed by atoms with E-state index < -0.39 is 0 Å². The molecule has 0 bridgehead atoms. The van der Waals surface area contributed by atoms with Crippen LogP contribution in [0.2, 0.25) is 0 Å². The maximum Gasteiger partial charge on any atom is 0.250 e. The van der Waals surface area contributed by atoms with Crippen molar-refractivity contribution in [3.8, 4) is 28.7 Å². The number of amides is 1. The van der Waals surface area contributed by atoms with Crippen molar-refractivity contribution in [3.63, 3.8) is 0 Å². The van der Waals surface area contributed by atoms with Gasteiger partial charge in [-0.3, -0.25) is 10.0 Å². The number of nitrogens with zero attached hydrogens (tertiary/aromatic N) is 1. The van der Waals surface area contributed by atoms with E-state index in [9.17, 15) is 10.0 Å². The fourth-order valence-corrected chi connectivity index (χ4v) is 4.65. The Morgan fingerprint density at radius 3 is 1.97 bits per heavy atom. The predicted molar refractivity (Wildman–Crippen MR) is 147 cm³/mol. The van der Waals surface area contributed by atoms with Gasteiger partial charge in [-0.15, -0.1) is 0 Å². The van der Waals surface area contributed by atoms with Crippen molar-refractivity contribution in [1.29, 1.82) is 0 Å². The summed E-state index contributed by atoms with van der Waals surface area (Å²) in [5.41, 5.74) is 2.80. The van der Waals surface area contributed by atoms with Crippen molar-refractivity contribution < 1.29 is 38.4 Å². The van der Waals surface area contributed by atoms with Crippen LogP contribution in [0.1, 0.15) is 74.8 Å². The van der Waals surface area contributed by atoms with E-state index in [-0.39, 0.29) is 24.5 Å². The van der Waals surface area contributed by atoms with Crippen LogP contribution in [0.15, 0.2) is 36.5 Å². The van der Waals surface area contributed by atoms with E-state index in [1.165, 1.54) is 6.20 Å². The first kappa shape index (κ1) is 30.1. The third-order valence-corrected chi connectivity index (χ3v) is 6.58. The number of rotatable bonds is 14. The number of benzene rings is 2. The Labute approximate surface area is 231 Å². The molecular formula is C30H41NO8. The maximum absolute atomic E-state index is 11.9. The zero-order chi connectivity index (χ0) is 28.4. The first-order valence-electron chi connectivity index (χ1n) is 13.4. The van der Waals surface area contributed by atoms with Crippen molar-refractivity contribution >= 4 is 5.91 Å². The van der Waals surface area contributed by atoms with Gasteiger partial charge in [-0.05, 0) is 67.5 Å². The molecule has 2 atom stereocenters. The smallest absolute Gasteiger partial charge is 0.250 e. The molecule has 1 fully saturated rings. The summed E-state index contributed by atoms with van der Waals surface area (Å²) in [7, 11) is 6.39. The van der Waals surface area contributed by atoms with E-state index in [1.54, 1.807) is 34.5 Å². The van der Waals surface area contributed by atoms with Crippen molar-refractivity contribution in [1.82, 2.24) is 5.06 Å². The summed E-state index contributed by atoms with van der Waals surface area (Å²) in [6.45, 7) is 4.47. The number of hydrogen-bond acceptors (Lipinski definition) is 8. The average molecular weight is 544 g/mol. The van der Waals surface area contributed by atoms with E-state index in [0.29, 0.717) is 53.3 Å². The molecule has 0 spiro atoms. The summed E-state index contributed by atoms with van der Waals surface area (Å²) >= 11 is 0. The molecule has 2 aromatic carbocycles.